The van der Waals surface area contributed by atoms with Gasteiger partial charge in [-0.3, -0.25) is 24.3 Å². The van der Waals surface area contributed by atoms with Crippen LogP contribution >= 0.6 is 0 Å². The summed E-state index contributed by atoms with van der Waals surface area (Å²) >= 11 is 0. The van der Waals surface area contributed by atoms with Gasteiger partial charge in [-0.2, -0.15) is 10.2 Å². The zero-order chi connectivity index (χ0) is 17.1. The normalized spacial score (nSPS) is 10.5. The summed E-state index contributed by atoms with van der Waals surface area (Å²) in [6.45, 7) is 2.09. The van der Waals surface area contributed by atoms with Gasteiger partial charge in [0.1, 0.15) is 6.67 Å². The summed E-state index contributed by atoms with van der Waals surface area (Å²) < 4.78 is 3.26. The van der Waals surface area contributed by atoms with Crippen LogP contribution < -0.4 is 5.32 Å². The number of hydrogen-bond donors (Lipinski definition) is 1. The quantitative estimate of drug-likeness (QED) is 0.570. The molecule has 122 valence electrons. The molecule has 0 saturated heterocycles. The molecule has 1 N–H and O–H groups in total. The third-order valence-corrected chi connectivity index (χ3v) is 3.39. The molecule has 0 fully saturated rings. The minimum Gasteiger partial charge on any atom is -0.320 e. The Kier molecular flexibility index (Phi) is 4.06. The van der Waals surface area contributed by atoms with Crippen LogP contribution in [0, 0.1) is 17.0 Å². The molecule has 0 atom stereocenters. The number of nitrogens with one attached hydrogen (secondary N) is 1. The molecule has 0 aliphatic heterocycles. The van der Waals surface area contributed by atoms with Gasteiger partial charge in [0, 0.05) is 36.4 Å². The van der Waals surface area contributed by atoms with E-state index in [2.05, 4.69) is 15.5 Å². The van der Waals surface area contributed by atoms with Gasteiger partial charge in [0.2, 0.25) is 0 Å². The van der Waals surface area contributed by atoms with Gasteiger partial charge in [-0.1, -0.05) is 0 Å². The topological polar surface area (TPSA) is 108 Å². The minimum absolute atomic E-state index is 0.0194. The summed E-state index contributed by atoms with van der Waals surface area (Å²) in [6, 6.07) is 7.66. The summed E-state index contributed by atoms with van der Waals surface area (Å²) in [4.78, 5) is 22.5. The first kappa shape index (κ1) is 15.4. The molecule has 9 heteroatoms. The number of hydrogen-bond acceptors (Lipinski definition) is 5. The highest BCUT2D eigenvalue weighted by molar-refractivity contribution is 6.03. The molecule has 3 rings (SSSR count). The van der Waals surface area contributed by atoms with Crippen molar-refractivity contribution in [2.45, 2.75) is 13.6 Å². The maximum absolute atomic E-state index is 12.3. The number of anilines is 1. The first-order valence-corrected chi connectivity index (χ1v) is 7.10. The zero-order valence-corrected chi connectivity index (χ0v) is 12.8. The number of aromatic nitrogens is 4. The average Bonchev–Trinajstić information content (AvgIpc) is 3.21. The maximum atomic E-state index is 12.3. The van der Waals surface area contributed by atoms with Crippen molar-refractivity contribution < 1.29 is 9.72 Å². The van der Waals surface area contributed by atoms with Crippen molar-refractivity contribution in [3.8, 4) is 0 Å². The van der Waals surface area contributed by atoms with Crippen LogP contribution in [0.2, 0.25) is 0 Å². The Morgan fingerprint density at radius 3 is 2.79 bits per heavy atom. The molecule has 0 aliphatic rings. The van der Waals surface area contributed by atoms with E-state index >= 15 is 0 Å². The summed E-state index contributed by atoms with van der Waals surface area (Å²) in [6.07, 6.45) is 5.13. The molecular formula is C15H14N6O3. The fourth-order valence-electron chi connectivity index (χ4n) is 2.18. The van der Waals surface area contributed by atoms with Gasteiger partial charge in [0.05, 0.1) is 4.92 Å². The van der Waals surface area contributed by atoms with Gasteiger partial charge < -0.3 is 5.32 Å². The Hall–Kier alpha value is -3.49. The van der Waals surface area contributed by atoms with E-state index < -0.39 is 4.92 Å². The van der Waals surface area contributed by atoms with Crippen LogP contribution in [0.15, 0.2) is 48.9 Å². The predicted octanol–water partition coefficient (Wildman–Crippen LogP) is 2.05. The van der Waals surface area contributed by atoms with E-state index in [1.54, 1.807) is 47.0 Å². The zero-order valence-electron chi connectivity index (χ0n) is 12.8. The van der Waals surface area contributed by atoms with Crippen LogP contribution in [0.3, 0.4) is 0 Å². The van der Waals surface area contributed by atoms with Gasteiger partial charge in [-0.25, -0.2) is 0 Å². The van der Waals surface area contributed by atoms with E-state index in [0.29, 0.717) is 17.9 Å². The van der Waals surface area contributed by atoms with Gasteiger partial charge in [0.25, 0.3) is 11.6 Å². The number of nitro benzene ring substituents is 1. The largest absolute Gasteiger partial charge is 0.320 e. The number of aryl methyl sites for hydroxylation is 1. The standard InChI is InChI=1S/C15H14N6O3/c1-11-9-12(21(23)24)3-4-13(11)17-15(22)14-5-8-20(18-14)10-19-7-2-6-16-19/h2-9H,10H2,1H3,(H,17,22). The molecule has 3 aromatic rings. The predicted molar refractivity (Wildman–Crippen MR) is 85.6 cm³/mol. The smallest absolute Gasteiger partial charge is 0.276 e. The molecule has 0 bridgehead atoms. The second kappa shape index (κ2) is 6.32. The molecule has 1 aromatic carbocycles. The highest BCUT2D eigenvalue weighted by Crippen LogP contribution is 2.21. The van der Waals surface area contributed by atoms with Crippen LogP contribution in [0.1, 0.15) is 16.1 Å². The van der Waals surface area contributed by atoms with Crippen LogP contribution in [-0.4, -0.2) is 30.4 Å². The Morgan fingerprint density at radius 2 is 2.12 bits per heavy atom. The SMILES string of the molecule is Cc1cc([N+](=O)[O-])ccc1NC(=O)c1ccn(Cn2cccn2)n1. The van der Waals surface area contributed by atoms with Crippen molar-refractivity contribution in [3.05, 3.63) is 70.3 Å². The Labute approximate surface area is 136 Å². The molecule has 24 heavy (non-hydrogen) atoms. The van der Waals surface area contributed by atoms with Gasteiger partial charge in [-0.05, 0) is 30.7 Å². The third-order valence-electron chi connectivity index (χ3n) is 3.39. The van der Waals surface area contributed by atoms with E-state index in [1.165, 1.54) is 18.2 Å². The van der Waals surface area contributed by atoms with Crippen LogP contribution in [-0.2, 0) is 6.67 Å². The van der Waals surface area contributed by atoms with Gasteiger partial charge >= 0.3 is 0 Å². The molecule has 0 saturated carbocycles. The maximum Gasteiger partial charge on any atom is 0.276 e. The van der Waals surface area contributed by atoms with E-state index in [-0.39, 0.29) is 17.3 Å². The summed E-state index contributed by atoms with van der Waals surface area (Å²) in [7, 11) is 0. The number of rotatable bonds is 5. The van der Waals surface area contributed by atoms with Gasteiger partial charge in [-0.15, -0.1) is 0 Å². The lowest BCUT2D eigenvalue weighted by atomic mass is 10.1. The second-order valence-corrected chi connectivity index (χ2v) is 5.14. The molecule has 2 heterocycles. The Bertz CT molecular complexity index is 885. The van der Waals surface area contributed by atoms with Crippen molar-refractivity contribution in [2.75, 3.05) is 5.32 Å². The highest BCUT2D eigenvalue weighted by Gasteiger charge is 2.13. The van der Waals surface area contributed by atoms with Crippen molar-refractivity contribution in [3.63, 3.8) is 0 Å². The Balaban J connectivity index is 1.71. The van der Waals surface area contributed by atoms with Crippen LogP contribution in [0.5, 0.6) is 0 Å². The molecule has 0 spiro atoms. The number of benzene rings is 1. The number of nitro groups is 1. The van der Waals surface area contributed by atoms with Crippen molar-refractivity contribution in [2.24, 2.45) is 0 Å². The first-order chi connectivity index (χ1) is 11.5. The molecule has 0 unspecified atom stereocenters. The average molecular weight is 326 g/mol. The van der Waals surface area contributed by atoms with Crippen LogP contribution in [0.25, 0.3) is 0 Å². The summed E-state index contributed by atoms with van der Waals surface area (Å²) in [5, 5.41) is 21.7. The van der Waals surface area contributed by atoms with E-state index in [4.69, 9.17) is 0 Å². The molecule has 2 aromatic heterocycles. The second-order valence-electron chi connectivity index (χ2n) is 5.14. The number of nitrogens with zero attached hydrogens (tertiary/aromatic N) is 5. The lowest BCUT2D eigenvalue weighted by molar-refractivity contribution is -0.384. The monoisotopic (exact) mass is 326 g/mol. The van der Waals surface area contributed by atoms with E-state index in [1.807, 2.05) is 0 Å². The van der Waals surface area contributed by atoms with Gasteiger partial charge in [0.15, 0.2) is 5.69 Å². The first-order valence-electron chi connectivity index (χ1n) is 7.10. The third kappa shape index (κ3) is 3.29. The minimum atomic E-state index is -0.477. The number of amides is 1. The molecule has 1 amide bonds. The van der Waals surface area contributed by atoms with Crippen molar-refractivity contribution >= 4 is 17.3 Å². The summed E-state index contributed by atoms with van der Waals surface area (Å²) in [5.74, 6) is -0.383. The Morgan fingerprint density at radius 1 is 1.29 bits per heavy atom. The molecule has 9 nitrogen and oxygen atoms in total. The van der Waals surface area contributed by atoms with Crippen molar-refractivity contribution in [1.29, 1.82) is 0 Å². The highest BCUT2D eigenvalue weighted by atomic mass is 16.6. The lowest BCUT2D eigenvalue weighted by Gasteiger charge is -2.06. The number of non-ortho nitro benzene ring substituents is 1. The van der Waals surface area contributed by atoms with Crippen LogP contribution in [0.4, 0.5) is 11.4 Å². The number of carbonyl (C=O) groups is 1. The van der Waals surface area contributed by atoms with Crippen molar-refractivity contribution in [1.82, 2.24) is 19.6 Å². The lowest BCUT2D eigenvalue weighted by Crippen LogP contribution is -2.15. The van der Waals surface area contributed by atoms with E-state index in [9.17, 15) is 14.9 Å². The summed E-state index contributed by atoms with van der Waals surface area (Å²) in [5.41, 5.74) is 1.34. The number of carbonyl (C=O) groups excluding carboxylic acids is 1. The van der Waals surface area contributed by atoms with E-state index in [0.717, 1.165) is 0 Å². The molecular weight excluding hydrogens is 312 g/mol. The fourth-order valence-corrected chi connectivity index (χ4v) is 2.18. The molecule has 0 aliphatic carbocycles. The molecule has 0 radical (unpaired) electrons. The fraction of sp³-hybridized carbons (Fsp3) is 0.133.